The third-order valence-electron chi connectivity index (χ3n) is 2.05. The normalized spacial score (nSPS) is 9.94. The summed E-state index contributed by atoms with van der Waals surface area (Å²) in [5, 5.41) is 0. The monoisotopic (exact) mass is 233 g/mol. The number of hydrogen-bond donors (Lipinski definition) is 0. The fourth-order valence-corrected chi connectivity index (χ4v) is 1.23. The van der Waals surface area contributed by atoms with Gasteiger partial charge in [0, 0.05) is 18.5 Å². The maximum atomic E-state index is 11.5. The van der Waals surface area contributed by atoms with Gasteiger partial charge in [0.15, 0.2) is 0 Å². The summed E-state index contributed by atoms with van der Waals surface area (Å²) >= 11 is 0. The van der Waals surface area contributed by atoms with Crippen molar-refractivity contribution in [3.63, 3.8) is 0 Å². The SMILES string of the molecule is COc1cccc(COC(=O)n2ccnc2)n1. The molecule has 2 rings (SSSR count). The molecule has 0 fully saturated rings. The lowest BCUT2D eigenvalue weighted by Crippen LogP contribution is -2.12. The number of nitrogens with zero attached hydrogens (tertiary/aromatic N) is 3. The van der Waals surface area contributed by atoms with Crippen molar-refractivity contribution in [2.24, 2.45) is 0 Å². The van der Waals surface area contributed by atoms with Gasteiger partial charge in [0.05, 0.1) is 12.8 Å². The molecule has 0 atom stereocenters. The van der Waals surface area contributed by atoms with Crippen LogP contribution in [0.1, 0.15) is 5.69 Å². The Morgan fingerprint density at radius 1 is 1.47 bits per heavy atom. The van der Waals surface area contributed by atoms with E-state index >= 15 is 0 Å². The van der Waals surface area contributed by atoms with Crippen molar-refractivity contribution in [1.29, 1.82) is 0 Å². The summed E-state index contributed by atoms with van der Waals surface area (Å²) in [5.41, 5.74) is 0.623. The molecular formula is C11H11N3O3. The lowest BCUT2D eigenvalue weighted by molar-refractivity contribution is 0.139. The highest BCUT2D eigenvalue weighted by Gasteiger charge is 2.06. The molecule has 0 saturated heterocycles. The second-order valence-corrected chi connectivity index (χ2v) is 3.20. The van der Waals surface area contributed by atoms with Crippen LogP contribution in [0.5, 0.6) is 5.88 Å². The van der Waals surface area contributed by atoms with Gasteiger partial charge in [0.25, 0.3) is 0 Å². The van der Waals surface area contributed by atoms with Gasteiger partial charge in [-0.15, -0.1) is 0 Å². The molecule has 0 unspecified atom stereocenters. The van der Waals surface area contributed by atoms with Crippen LogP contribution in [0.25, 0.3) is 0 Å². The number of methoxy groups -OCH3 is 1. The third kappa shape index (κ3) is 2.81. The van der Waals surface area contributed by atoms with Crippen LogP contribution in [0.3, 0.4) is 0 Å². The van der Waals surface area contributed by atoms with E-state index in [-0.39, 0.29) is 6.61 Å². The minimum absolute atomic E-state index is 0.0915. The molecule has 0 aliphatic rings. The Bertz CT molecular complexity index is 496. The van der Waals surface area contributed by atoms with Crippen LogP contribution in [0, 0.1) is 0 Å². The predicted molar refractivity (Wildman–Crippen MR) is 58.6 cm³/mol. The molecule has 0 aliphatic heterocycles. The molecule has 0 aromatic carbocycles. The van der Waals surface area contributed by atoms with Gasteiger partial charge in [0.2, 0.25) is 5.88 Å². The molecule has 6 heteroatoms. The largest absolute Gasteiger partial charge is 0.481 e. The van der Waals surface area contributed by atoms with Gasteiger partial charge < -0.3 is 9.47 Å². The molecule has 17 heavy (non-hydrogen) atoms. The Morgan fingerprint density at radius 3 is 3.06 bits per heavy atom. The van der Waals surface area contributed by atoms with Crippen LogP contribution in [0.2, 0.25) is 0 Å². The van der Waals surface area contributed by atoms with E-state index in [4.69, 9.17) is 9.47 Å². The summed E-state index contributed by atoms with van der Waals surface area (Å²) < 4.78 is 11.3. The number of ether oxygens (including phenoxy) is 2. The Hall–Kier alpha value is -2.37. The average Bonchev–Trinajstić information content (AvgIpc) is 2.90. The molecule has 0 bridgehead atoms. The van der Waals surface area contributed by atoms with Crippen molar-refractivity contribution < 1.29 is 14.3 Å². The Morgan fingerprint density at radius 2 is 2.35 bits per heavy atom. The first-order valence-electron chi connectivity index (χ1n) is 4.94. The fraction of sp³-hybridized carbons (Fsp3) is 0.182. The first-order valence-corrected chi connectivity index (χ1v) is 4.94. The second kappa shape index (κ2) is 5.11. The molecule has 0 N–H and O–H groups in total. The van der Waals surface area contributed by atoms with Crippen molar-refractivity contribution in [3.8, 4) is 5.88 Å². The molecule has 0 amide bonds. The summed E-state index contributed by atoms with van der Waals surface area (Å²) in [6.07, 6.45) is 3.90. The molecule has 0 radical (unpaired) electrons. The average molecular weight is 233 g/mol. The number of aromatic nitrogens is 3. The van der Waals surface area contributed by atoms with Crippen LogP contribution in [0.4, 0.5) is 4.79 Å². The Labute approximate surface area is 97.8 Å². The minimum atomic E-state index is -0.493. The van der Waals surface area contributed by atoms with E-state index in [2.05, 4.69) is 9.97 Å². The third-order valence-corrected chi connectivity index (χ3v) is 2.05. The molecule has 2 aromatic rings. The quantitative estimate of drug-likeness (QED) is 0.803. The van der Waals surface area contributed by atoms with Gasteiger partial charge >= 0.3 is 6.09 Å². The van der Waals surface area contributed by atoms with E-state index in [9.17, 15) is 4.79 Å². The van der Waals surface area contributed by atoms with Crippen molar-refractivity contribution in [2.75, 3.05) is 7.11 Å². The minimum Gasteiger partial charge on any atom is -0.481 e. The summed E-state index contributed by atoms with van der Waals surface area (Å²) in [6, 6.07) is 5.26. The number of pyridine rings is 1. The van der Waals surface area contributed by atoms with Gasteiger partial charge in [0.1, 0.15) is 12.9 Å². The first kappa shape index (κ1) is 11.1. The second-order valence-electron chi connectivity index (χ2n) is 3.20. The zero-order valence-corrected chi connectivity index (χ0v) is 9.24. The molecule has 2 heterocycles. The number of carbonyl (C=O) groups is 1. The van der Waals surface area contributed by atoms with Crippen LogP contribution in [-0.2, 0) is 11.3 Å². The fourth-order valence-electron chi connectivity index (χ4n) is 1.23. The van der Waals surface area contributed by atoms with Gasteiger partial charge in [-0.25, -0.2) is 19.3 Å². The van der Waals surface area contributed by atoms with Gasteiger partial charge in [-0.3, -0.25) is 0 Å². The highest BCUT2D eigenvalue weighted by atomic mass is 16.5. The zero-order valence-electron chi connectivity index (χ0n) is 9.24. The van der Waals surface area contributed by atoms with Crippen LogP contribution < -0.4 is 4.74 Å². The number of imidazole rings is 1. The summed E-state index contributed by atoms with van der Waals surface area (Å²) in [5.74, 6) is 0.487. The molecule has 0 spiro atoms. The Balaban J connectivity index is 1.95. The van der Waals surface area contributed by atoms with Gasteiger partial charge in [-0.2, -0.15) is 0 Å². The summed E-state index contributed by atoms with van der Waals surface area (Å²) in [6.45, 7) is 0.0915. The van der Waals surface area contributed by atoms with E-state index in [0.29, 0.717) is 11.6 Å². The Kier molecular flexibility index (Phi) is 3.34. The van der Waals surface area contributed by atoms with Gasteiger partial charge in [-0.1, -0.05) is 6.07 Å². The van der Waals surface area contributed by atoms with E-state index in [1.165, 1.54) is 30.4 Å². The van der Waals surface area contributed by atoms with Crippen molar-refractivity contribution in [1.82, 2.24) is 14.5 Å². The first-order chi connectivity index (χ1) is 8.29. The van der Waals surface area contributed by atoms with Gasteiger partial charge in [-0.05, 0) is 6.07 Å². The predicted octanol–water partition coefficient (Wildman–Crippen LogP) is 1.47. The maximum absolute atomic E-state index is 11.5. The molecular weight excluding hydrogens is 222 g/mol. The molecule has 6 nitrogen and oxygen atoms in total. The van der Waals surface area contributed by atoms with E-state index in [1.54, 1.807) is 18.2 Å². The zero-order chi connectivity index (χ0) is 12.1. The number of rotatable bonds is 3. The van der Waals surface area contributed by atoms with Crippen molar-refractivity contribution in [3.05, 3.63) is 42.6 Å². The molecule has 2 aromatic heterocycles. The highest BCUT2D eigenvalue weighted by molar-refractivity contribution is 5.69. The van der Waals surface area contributed by atoms with Crippen LogP contribution >= 0.6 is 0 Å². The van der Waals surface area contributed by atoms with E-state index in [0.717, 1.165) is 0 Å². The molecule has 0 aliphatic carbocycles. The summed E-state index contributed by atoms with van der Waals surface area (Å²) in [7, 11) is 1.53. The topological polar surface area (TPSA) is 66.2 Å². The lowest BCUT2D eigenvalue weighted by Gasteiger charge is -2.05. The molecule has 0 saturated carbocycles. The van der Waals surface area contributed by atoms with Crippen LogP contribution in [0.15, 0.2) is 36.9 Å². The summed E-state index contributed by atoms with van der Waals surface area (Å²) in [4.78, 5) is 19.3. The van der Waals surface area contributed by atoms with E-state index < -0.39 is 6.09 Å². The number of carbonyl (C=O) groups excluding carboxylic acids is 1. The van der Waals surface area contributed by atoms with Crippen molar-refractivity contribution >= 4 is 6.09 Å². The van der Waals surface area contributed by atoms with Crippen LogP contribution in [-0.4, -0.2) is 27.7 Å². The van der Waals surface area contributed by atoms with E-state index in [1.807, 2.05) is 0 Å². The standard InChI is InChI=1S/C11H11N3O3/c1-16-10-4-2-3-9(13-10)7-17-11(15)14-6-5-12-8-14/h2-6,8H,7H2,1H3. The highest BCUT2D eigenvalue weighted by Crippen LogP contribution is 2.07. The smallest absolute Gasteiger partial charge is 0.419 e. The lowest BCUT2D eigenvalue weighted by atomic mass is 10.4. The molecule has 88 valence electrons. The maximum Gasteiger partial charge on any atom is 0.419 e. The van der Waals surface area contributed by atoms with Crippen molar-refractivity contribution in [2.45, 2.75) is 6.61 Å². The number of hydrogen-bond acceptors (Lipinski definition) is 5.